The van der Waals surface area contributed by atoms with Gasteiger partial charge in [0.2, 0.25) is 0 Å². The molecule has 1 aromatic carbocycles. The van der Waals surface area contributed by atoms with E-state index in [2.05, 4.69) is 32.2 Å². The van der Waals surface area contributed by atoms with Crippen molar-refractivity contribution in [3.63, 3.8) is 0 Å². The van der Waals surface area contributed by atoms with Gasteiger partial charge in [-0.05, 0) is 37.0 Å². The maximum absolute atomic E-state index is 12.3. The number of hydrogen-bond donors (Lipinski definition) is 2. The van der Waals surface area contributed by atoms with Gasteiger partial charge in [0.25, 0.3) is 5.91 Å². The summed E-state index contributed by atoms with van der Waals surface area (Å²) in [6, 6.07) is 3.86. The minimum atomic E-state index is -0.258. The third-order valence-electron chi connectivity index (χ3n) is 3.06. The zero-order valence-electron chi connectivity index (χ0n) is 13.1. The molecular weight excluding hydrogens is 252 g/mol. The monoisotopic (exact) mass is 276 g/mol. The third-order valence-corrected chi connectivity index (χ3v) is 3.06. The summed E-state index contributed by atoms with van der Waals surface area (Å²) in [4.78, 5) is 12.3. The number of carbonyl (C=O) groups is 1. The first-order chi connectivity index (χ1) is 9.20. The Morgan fingerprint density at radius 3 is 2.40 bits per heavy atom. The molecule has 0 aromatic heterocycles. The van der Waals surface area contributed by atoms with Crippen molar-refractivity contribution in [2.24, 2.45) is 5.73 Å². The molecule has 20 heavy (non-hydrogen) atoms. The predicted octanol–water partition coefficient (Wildman–Crippen LogP) is 2.85. The van der Waals surface area contributed by atoms with Crippen molar-refractivity contribution >= 4 is 5.91 Å². The van der Waals surface area contributed by atoms with Gasteiger partial charge in [-0.3, -0.25) is 4.79 Å². The van der Waals surface area contributed by atoms with Gasteiger partial charge >= 0.3 is 0 Å². The predicted molar refractivity (Wildman–Crippen MR) is 81.8 cm³/mol. The van der Waals surface area contributed by atoms with Gasteiger partial charge in [0, 0.05) is 5.56 Å². The van der Waals surface area contributed by atoms with E-state index >= 15 is 0 Å². The number of ether oxygens (including phenoxy) is 1. The lowest BCUT2D eigenvalue weighted by Crippen LogP contribution is -2.28. The average molecular weight is 276 g/mol. The van der Waals surface area contributed by atoms with Gasteiger partial charge in [-0.15, -0.1) is 0 Å². The molecule has 110 valence electrons. The van der Waals surface area contributed by atoms with Crippen LogP contribution in [0, 0.1) is 6.92 Å². The molecule has 0 heterocycles. The molecule has 3 N–H and O–H groups in total. The van der Waals surface area contributed by atoms with E-state index in [4.69, 9.17) is 10.5 Å². The number of nitrogens with one attached hydrogen (secondary N) is 1. The lowest BCUT2D eigenvalue weighted by atomic mass is 9.84. The van der Waals surface area contributed by atoms with Crippen LogP contribution < -0.4 is 15.8 Å². The van der Waals surface area contributed by atoms with Crippen molar-refractivity contribution in [2.45, 2.75) is 40.0 Å². The highest BCUT2D eigenvalue weighted by molar-refractivity contribution is 5.98. The topological polar surface area (TPSA) is 64.3 Å². The first kappa shape index (κ1) is 16.1. The van der Waals surface area contributed by atoms with Crippen molar-refractivity contribution in [1.29, 1.82) is 0 Å². The Bertz CT molecular complexity index is 540. The van der Waals surface area contributed by atoms with Crippen LogP contribution in [0.25, 0.3) is 0 Å². The summed E-state index contributed by atoms with van der Waals surface area (Å²) in [6.45, 7) is 10.00. The van der Waals surface area contributed by atoms with E-state index in [0.29, 0.717) is 17.1 Å². The SMILES string of the molecule is CC=C(N)NC(=O)c1cc(C)cc(C(C)(C)C)c1OC. The average Bonchev–Trinajstić information content (AvgIpc) is 2.36. The Labute approximate surface area is 121 Å². The summed E-state index contributed by atoms with van der Waals surface area (Å²) in [6.07, 6.45) is 1.64. The van der Waals surface area contributed by atoms with Crippen LogP contribution in [0.4, 0.5) is 0 Å². The molecule has 1 aromatic rings. The lowest BCUT2D eigenvalue weighted by molar-refractivity contribution is 0.0962. The quantitative estimate of drug-likeness (QED) is 0.892. The number of methoxy groups -OCH3 is 1. The van der Waals surface area contributed by atoms with Crippen LogP contribution in [0.3, 0.4) is 0 Å². The third kappa shape index (κ3) is 3.53. The minimum absolute atomic E-state index is 0.113. The van der Waals surface area contributed by atoms with Gasteiger partial charge in [-0.25, -0.2) is 0 Å². The van der Waals surface area contributed by atoms with Crippen molar-refractivity contribution in [3.05, 3.63) is 40.7 Å². The van der Waals surface area contributed by atoms with E-state index in [1.807, 2.05) is 13.0 Å². The molecule has 4 nitrogen and oxygen atoms in total. The fourth-order valence-electron chi connectivity index (χ4n) is 1.99. The van der Waals surface area contributed by atoms with Crippen LogP contribution in [0.1, 0.15) is 49.2 Å². The first-order valence-corrected chi connectivity index (χ1v) is 6.63. The molecule has 0 aliphatic heterocycles. The molecule has 0 radical (unpaired) electrons. The van der Waals surface area contributed by atoms with Crippen LogP contribution in [-0.4, -0.2) is 13.0 Å². The maximum atomic E-state index is 12.3. The zero-order valence-corrected chi connectivity index (χ0v) is 13.1. The number of amides is 1. The molecule has 0 saturated heterocycles. The number of nitrogens with two attached hydrogens (primary N) is 1. The fourth-order valence-corrected chi connectivity index (χ4v) is 1.99. The minimum Gasteiger partial charge on any atom is -0.496 e. The number of hydrogen-bond acceptors (Lipinski definition) is 3. The highest BCUT2D eigenvalue weighted by Gasteiger charge is 2.24. The summed E-state index contributed by atoms with van der Waals surface area (Å²) in [5.41, 5.74) is 8.06. The normalized spacial score (nSPS) is 12.2. The van der Waals surface area contributed by atoms with Crippen LogP contribution in [-0.2, 0) is 5.41 Å². The van der Waals surface area contributed by atoms with Crippen LogP contribution in [0.15, 0.2) is 24.0 Å². The summed E-state index contributed by atoms with van der Waals surface area (Å²) < 4.78 is 5.47. The molecule has 0 fully saturated rings. The molecule has 0 saturated carbocycles. The van der Waals surface area contributed by atoms with Gasteiger partial charge in [-0.1, -0.05) is 26.8 Å². The van der Waals surface area contributed by atoms with Crippen molar-refractivity contribution in [2.75, 3.05) is 7.11 Å². The number of carbonyl (C=O) groups excluding carboxylic acids is 1. The standard InChI is InChI=1S/C16H24N2O2/c1-7-13(17)18-15(19)11-8-10(2)9-12(14(11)20-6)16(3,4)5/h7-9H,17H2,1-6H3,(H,18,19). The van der Waals surface area contributed by atoms with E-state index in [-0.39, 0.29) is 11.3 Å². The Morgan fingerprint density at radius 2 is 1.95 bits per heavy atom. The lowest BCUT2D eigenvalue weighted by Gasteiger charge is -2.24. The largest absolute Gasteiger partial charge is 0.496 e. The molecule has 0 aliphatic rings. The van der Waals surface area contributed by atoms with Crippen LogP contribution in [0.5, 0.6) is 5.75 Å². The van der Waals surface area contributed by atoms with Crippen LogP contribution in [0.2, 0.25) is 0 Å². The Morgan fingerprint density at radius 1 is 1.35 bits per heavy atom. The highest BCUT2D eigenvalue weighted by atomic mass is 16.5. The van der Waals surface area contributed by atoms with Gasteiger partial charge in [0.1, 0.15) is 5.75 Å². The number of allylic oxidation sites excluding steroid dienone is 1. The Hall–Kier alpha value is -1.97. The van der Waals surface area contributed by atoms with Crippen molar-refractivity contribution < 1.29 is 9.53 Å². The Kier molecular flexibility index (Phi) is 4.82. The number of benzene rings is 1. The number of aryl methyl sites for hydroxylation is 1. The molecule has 0 spiro atoms. The molecule has 0 unspecified atom stereocenters. The van der Waals surface area contributed by atoms with Gasteiger partial charge in [0.15, 0.2) is 0 Å². The van der Waals surface area contributed by atoms with E-state index in [9.17, 15) is 4.79 Å². The number of rotatable bonds is 3. The molecule has 0 atom stereocenters. The summed E-state index contributed by atoms with van der Waals surface area (Å²) >= 11 is 0. The summed E-state index contributed by atoms with van der Waals surface area (Å²) in [5.74, 6) is 0.673. The second-order valence-electron chi connectivity index (χ2n) is 5.84. The van der Waals surface area contributed by atoms with Gasteiger partial charge < -0.3 is 15.8 Å². The first-order valence-electron chi connectivity index (χ1n) is 6.63. The highest BCUT2D eigenvalue weighted by Crippen LogP contribution is 2.35. The van der Waals surface area contributed by atoms with E-state index in [1.165, 1.54) is 0 Å². The Balaban J connectivity index is 3.40. The van der Waals surface area contributed by atoms with Gasteiger partial charge in [0.05, 0.1) is 18.5 Å². The maximum Gasteiger partial charge on any atom is 0.260 e. The second-order valence-corrected chi connectivity index (χ2v) is 5.84. The van der Waals surface area contributed by atoms with E-state index in [0.717, 1.165) is 11.1 Å². The molecule has 1 rings (SSSR count). The smallest absolute Gasteiger partial charge is 0.260 e. The molecule has 0 aliphatic carbocycles. The van der Waals surface area contributed by atoms with Crippen LogP contribution >= 0.6 is 0 Å². The van der Waals surface area contributed by atoms with E-state index in [1.54, 1.807) is 20.1 Å². The second kappa shape index (κ2) is 5.99. The summed E-state index contributed by atoms with van der Waals surface area (Å²) in [5, 5.41) is 2.65. The zero-order chi connectivity index (χ0) is 15.5. The van der Waals surface area contributed by atoms with Gasteiger partial charge in [-0.2, -0.15) is 0 Å². The fraction of sp³-hybridized carbons (Fsp3) is 0.438. The summed E-state index contributed by atoms with van der Waals surface area (Å²) in [7, 11) is 1.58. The molecule has 4 heteroatoms. The molecule has 1 amide bonds. The van der Waals surface area contributed by atoms with E-state index < -0.39 is 0 Å². The molecule has 0 bridgehead atoms. The molecular formula is C16H24N2O2. The van der Waals surface area contributed by atoms with Crippen molar-refractivity contribution in [1.82, 2.24) is 5.32 Å². The van der Waals surface area contributed by atoms with Crippen molar-refractivity contribution in [3.8, 4) is 5.75 Å².